The Labute approximate surface area is 129 Å². The van der Waals surface area contributed by atoms with Gasteiger partial charge in [0.2, 0.25) is 0 Å². The van der Waals surface area contributed by atoms with E-state index in [0.717, 1.165) is 32.1 Å². The molecule has 0 saturated heterocycles. The Morgan fingerprint density at radius 3 is 2.23 bits per heavy atom. The molecule has 7 heteroatoms. The summed E-state index contributed by atoms with van der Waals surface area (Å²) < 4.78 is 43.4. The third-order valence-electron chi connectivity index (χ3n) is 3.73. The fourth-order valence-corrected chi connectivity index (χ4v) is 2.74. The molecule has 0 heterocycles. The molecule has 1 amide bonds. The van der Waals surface area contributed by atoms with Crippen molar-refractivity contribution in [3.63, 3.8) is 0 Å². The van der Waals surface area contributed by atoms with Gasteiger partial charge in [0.05, 0.1) is 6.04 Å². The highest BCUT2D eigenvalue weighted by atomic mass is 19.4. The third kappa shape index (κ3) is 6.85. The lowest BCUT2D eigenvalue weighted by atomic mass is 9.83. The van der Waals surface area contributed by atoms with E-state index in [4.69, 9.17) is 4.74 Å². The Morgan fingerprint density at radius 2 is 1.77 bits per heavy atom. The second-order valence-electron chi connectivity index (χ2n) is 6.98. The predicted octanol–water partition coefficient (Wildman–Crippen LogP) is 3.77. The minimum absolute atomic E-state index is 0.0886. The highest BCUT2D eigenvalue weighted by Crippen LogP contribution is 2.31. The SMILES string of the molecule is CC(C)(C)OC(=O)N[C@H](CC1CCCCC1)[C@@H](O)C(F)(F)F. The summed E-state index contributed by atoms with van der Waals surface area (Å²) in [5.74, 6) is 0.0886. The maximum Gasteiger partial charge on any atom is 0.416 e. The van der Waals surface area contributed by atoms with Crippen LogP contribution in [0.25, 0.3) is 0 Å². The normalized spacial score (nSPS) is 20.3. The number of alkyl halides is 3. The molecule has 1 aliphatic carbocycles. The van der Waals surface area contributed by atoms with Gasteiger partial charge < -0.3 is 15.2 Å². The van der Waals surface area contributed by atoms with Gasteiger partial charge in [-0.25, -0.2) is 4.79 Å². The minimum Gasteiger partial charge on any atom is -0.444 e. The van der Waals surface area contributed by atoms with Crippen LogP contribution in [-0.4, -0.2) is 35.1 Å². The van der Waals surface area contributed by atoms with Crippen LogP contribution in [0.3, 0.4) is 0 Å². The number of nitrogens with one attached hydrogen (secondary N) is 1. The summed E-state index contributed by atoms with van der Waals surface area (Å²) >= 11 is 0. The number of hydrogen-bond acceptors (Lipinski definition) is 3. The highest BCUT2D eigenvalue weighted by molar-refractivity contribution is 5.68. The number of amides is 1. The number of alkyl carbamates (subject to hydrolysis) is 1. The lowest BCUT2D eigenvalue weighted by Gasteiger charge is -2.31. The molecule has 0 unspecified atom stereocenters. The van der Waals surface area contributed by atoms with E-state index in [0.29, 0.717) is 0 Å². The predicted molar refractivity (Wildman–Crippen MR) is 76.4 cm³/mol. The standard InChI is InChI=1S/C15H26F3NO3/c1-14(2,3)22-13(21)19-11(12(20)15(16,17)18)9-10-7-5-4-6-8-10/h10-12,20H,4-9H2,1-3H3,(H,19,21)/t11-,12-/m1/s1. The van der Waals surface area contributed by atoms with Crippen molar-refractivity contribution >= 4 is 6.09 Å². The van der Waals surface area contributed by atoms with Gasteiger partial charge in [0, 0.05) is 0 Å². The Morgan fingerprint density at radius 1 is 1.23 bits per heavy atom. The van der Waals surface area contributed by atoms with Gasteiger partial charge in [-0.1, -0.05) is 32.1 Å². The zero-order chi connectivity index (χ0) is 17.0. The van der Waals surface area contributed by atoms with Crippen LogP contribution >= 0.6 is 0 Å². The van der Waals surface area contributed by atoms with E-state index >= 15 is 0 Å². The fraction of sp³-hybridized carbons (Fsp3) is 0.933. The molecule has 0 aromatic heterocycles. The molecule has 2 atom stereocenters. The van der Waals surface area contributed by atoms with Gasteiger partial charge in [0.15, 0.2) is 6.10 Å². The lowest BCUT2D eigenvalue weighted by molar-refractivity contribution is -0.213. The molecule has 0 radical (unpaired) electrons. The van der Waals surface area contributed by atoms with Crippen LogP contribution in [0.15, 0.2) is 0 Å². The van der Waals surface area contributed by atoms with Gasteiger partial charge in [-0.05, 0) is 33.1 Å². The molecule has 0 bridgehead atoms. The van der Waals surface area contributed by atoms with Crippen LogP contribution in [0.2, 0.25) is 0 Å². The fourth-order valence-electron chi connectivity index (χ4n) is 2.74. The van der Waals surface area contributed by atoms with Crippen molar-refractivity contribution in [1.82, 2.24) is 5.32 Å². The summed E-state index contributed by atoms with van der Waals surface area (Å²) in [7, 11) is 0. The quantitative estimate of drug-likeness (QED) is 0.827. The summed E-state index contributed by atoms with van der Waals surface area (Å²) in [4.78, 5) is 11.7. The zero-order valence-corrected chi connectivity index (χ0v) is 13.4. The first kappa shape index (κ1) is 19.1. The Balaban J connectivity index is 2.70. The van der Waals surface area contributed by atoms with Crippen molar-refractivity contribution in [3.8, 4) is 0 Å². The average Bonchev–Trinajstić information content (AvgIpc) is 2.35. The number of rotatable bonds is 4. The lowest BCUT2D eigenvalue weighted by Crippen LogP contribution is -2.51. The van der Waals surface area contributed by atoms with E-state index in [9.17, 15) is 23.1 Å². The highest BCUT2D eigenvalue weighted by Gasteiger charge is 2.45. The van der Waals surface area contributed by atoms with Gasteiger partial charge in [0.25, 0.3) is 0 Å². The average molecular weight is 325 g/mol. The third-order valence-corrected chi connectivity index (χ3v) is 3.73. The van der Waals surface area contributed by atoms with Crippen LogP contribution in [0.1, 0.15) is 59.3 Å². The molecule has 0 aliphatic heterocycles. The molecule has 1 aliphatic rings. The van der Waals surface area contributed by atoms with E-state index < -0.39 is 30.0 Å². The number of ether oxygens (including phenoxy) is 1. The van der Waals surface area contributed by atoms with E-state index in [2.05, 4.69) is 5.32 Å². The molecular weight excluding hydrogens is 299 g/mol. The van der Waals surface area contributed by atoms with Crippen molar-refractivity contribution < 1.29 is 27.8 Å². The van der Waals surface area contributed by atoms with Crippen molar-refractivity contribution in [2.45, 2.75) is 83.2 Å². The summed E-state index contributed by atoms with van der Waals surface area (Å²) in [6, 6.07) is -1.38. The van der Waals surface area contributed by atoms with Crippen LogP contribution in [0, 0.1) is 5.92 Å². The maximum absolute atomic E-state index is 12.8. The number of halogens is 3. The molecule has 1 saturated carbocycles. The van der Waals surface area contributed by atoms with E-state index in [1.54, 1.807) is 20.8 Å². The maximum atomic E-state index is 12.8. The molecule has 0 aromatic rings. The minimum atomic E-state index is -4.77. The molecule has 0 aromatic carbocycles. The van der Waals surface area contributed by atoms with Crippen LogP contribution < -0.4 is 5.32 Å². The Kier molecular flexibility index (Phi) is 6.52. The van der Waals surface area contributed by atoms with Crippen LogP contribution in [0.5, 0.6) is 0 Å². The molecule has 130 valence electrons. The second-order valence-corrected chi connectivity index (χ2v) is 6.98. The topological polar surface area (TPSA) is 58.6 Å². The van der Waals surface area contributed by atoms with Gasteiger partial charge >= 0.3 is 12.3 Å². The van der Waals surface area contributed by atoms with E-state index in [-0.39, 0.29) is 12.3 Å². The number of aliphatic hydroxyl groups excluding tert-OH is 1. The summed E-state index contributed by atoms with van der Waals surface area (Å²) in [6.45, 7) is 4.88. The first-order valence-corrected chi connectivity index (χ1v) is 7.73. The molecule has 2 N–H and O–H groups in total. The molecule has 4 nitrogen and oxygen atoms in total. The van der Waals surface area contributed by atoms with E-state index in [1.165, 1.54) is 0 Å². The van der Waals surface area contributed by atoms with Crippen LogP contribution in [-0.2, 0) is 4.74 Å². The van der Waals surface area contributed by atoms with Crippen LogP contribution in [0.4, 0.5) is 18.0 Å². The molecule has 1 fully saturated rings. The Bertz CT molecular complexity index is 360. The van der Waals surface area contributed by atoms with E-state index in [1.807, 2.05) is 0 Å². The first-order valence-electron chi connectivity index (χ1n) is 7.73. The molecule has 0 spiro atoms. The molecular formula is C15H26F3NO3. The molecule has 1 rings (SSSR count). The number of carbonyl (C=O) groups is 1. The number of carbonyl (C=O) groups excluding carboxylic acids is 1. The van der Waals surface area contributed by atoms with Crippen molar-refractivity contribution in [2.24, 2.45) is 5.92 Å². The van der Waals surface area contributed by atoms with Gasteiger partial charge in [-0.3, -0.25) is 0 Å². The second kappa shape index (κ2) is 7.53. The summed E-state index contributed by atoms with van der Waals surface area (Å²) in [6.07, 6.45) is -3.47. The zero-order valence-electron chi connectivity index (χ0n) is 13.4. The number of aliphatic hydroxyl groups is 1. The summed E-state index contributed by atoms with van der Waals surface area (Å²) in [5, 5.41) is 11.7. The smallest absolute Gasteiger partial charge is 0.416 e. The van der Waals surface area contributed by atoms with Gasteiger partial charge in [-0.15, -0.1) is 0 Å². The van der Waals surface area contributed by atoms with Crippen molar-refractivity contribution in [3.05, 3.63) is 0 Å². The van der Waals surface area contributed by atoms with Crippen molar-refractivity contribution in [1.29, 1.82) is 0 Å². The van der Waals surface area contributed by atoms with Gasteiger partial charge in [-0.2, -0.15) is 13.2 Å². The van der Waals surface area contributed by atoms with Crippen molar-refractivity contribution in [2.75, 3.05) is 0 Å². The number of hydrogen-bond donors (Lipinski definition) is 2. The largest absolute Gasteiger partial charge is 0.444 e. The van der Waals surface area contributed by atoms with Gasteiger partial charge in [0.1, 0.15) is 5.60 Å². The summed E-state index contributed by atoms with van der Waals surface area (Å²) in [5.41, 5.74) is -0.803. The monoisotopic (exact) mass is 325 g/mol. The Hall–Kier alpha value is -0.980. The molecule has 22 heavy (non-hydrogen) atoms. The first-order chi connectivity index (χ1) is 9.99.